The Morgan fingerprint density at radius 2 is 1.88 bits per heavy atom. The third kappa shape index (κ3) is 4.74. The molecule has 1 aromatic heterocycles. The quantitative estimate of drug-likeness (QED) is 0.588. The number of oxazole rings is 1. The van der Waals surface area contributed by atoms with Gasteiger partial charge in [0.05, 0.1) is 5.75 Å². The first-order valence-electron chi connectivity index (χ1n) is 7.50. The van der Waals surface area contributed by atoms with Crippen molar-refractivity contribution in [3.05, 3.63) is 54.1 Å². The fourth-order valence-electron chi connectivity index (χ4n) is 2.14. The first-order valence-corrected chi connectivity index (χ1v) is 8.49. The van der Waals surface area contributed by atoms with E-state index in [4.69, 9.17) is 10.2 Å². The molecule has 4 N–H and O–H groups in total. The van der Waals surface area contributed by atoms with Crippen LogP contribution in [-0.4, -0.2) is 22.7 Å². The predicted molar refractivity (Wildman–Crippen MR) is 96.2 cm³/mol. The van der Waals surface area contributed by atoms with Crippen LogP contribution in [0.5, 0.6) is 0 Å². The molecule has 0 radical (unpaired) electrons. The molecule has 0 saturated carbocycles. The molecule has 3 aromatic rings. The number of para-hydroxylation sites is 2. The number of aromatic nitrogens is 1. The number of carbonyl (C=O) groups excluding carboxylic acids is 2. The summed E-state index contributed by atoms with van der Waals surface area (Å²) in [4.78, 5) is 27.0. The van der Waals surface area contributed by atoms with Crippen LogP contribution >= 0.6 is 11.8 Å². The van der Waals surface area contributed by atoms with Gasteiger partial charge in [-0.05, 0) is 29.8 Å². The molecule has 0 fully saturated rings. The van der Waals surface area contributed by atoms with Crippen LogP contribution in [-0.2, 0) is 11.3 Å². The zero-order valence-electron chi connectivity index (χ0n) is 13.2. The van der Waals surface area contributed by atoms with Gasteiger partial charge in [-0.2, -0.15) is 0 Å². The molecule has 0 saturated heterocycles. The van der Waals surface area contributed by atoms with Gasteiger partial charge >= 0.3 is 6.03 Å². The van der Waals surface area contributed by atoms with Gasteiger partial charge in [-0.15, -0.1) is 0 Å². The van der Waals surface area contributed by atoms with Crippen LogP contribution in [0, 0.1) is 0 Å². The second kappa shape index (κ2) is 7.71. The molecule has 8 heteroatoms. The molecule has 3 rings (SSSR count). The van der Waals surface area contributed by atoms with Crippen LogP contribution < -0.4 is 16.4 Å². The normalized spacial score (nSPS) is 10.6. The lowest BCUT2D eigenvalue weighted by Crippen LogP contribution is -2.24. The van der Waals surface area contributed by atoms with Crippen LogP contribution in [0.15, 0.2) is 58.2 Å². The third-order valence-electron chi connectivity index (χ3n) is 3.31. The first kappa shape index (κ1) is 16.8. The van der Waals surface area contributed by atoms with E-state index < -0.39 is 6.03 Å². The molecule has 2 aromatic carbocycles. The van der Waals surface area contributed by atoms with Gasteiger partial charge in [0, 0.05) is 12.2 Å². The van der Waals surface area contributed by atoms with E-state index in [1.807, 2.05) is 24.3 Å². The number of anilines is 1. The van der Waals surface area contributed by atoms with E-state index in [1.54, 1.807) is 24.3 Å². The summed E-state index contributed by atoms with van der Waals surface area (Å²) in [5, 5.41) is 5.77. The summed E-state index contributed by atoms with van der Waals surface area (Å²) in [6, 6.07) is 13.9. The van der Waals surface area contributed by atoms with Gasteiger partial charge < -0.3 is 20.8 Å². The van der Waals surface area contributed by atoms with Crippen LogP contribution in [0.3, 0.4) is 0 Å². The number of primary amides is 1. The Bertz CT molecular complexity index is 859. The summed E-state index contributed by atoms with van der Waals surface area (Å²) in [5.74, 6) is 0.0975. The first-order chi connectivity index (χ1) is 12.1. The lowest BCUT2D eigenvalue weighted by atomic mass is 10.2. The Labute approximate surface area is 148 Å². The Balaban J connectivity index is 1.47. The summed E-state index contributed by atoms with van der Waals surface area (Å²) in [7, 11) is 0. The van der Waals surface area contributed by atoms with Crippen molar-refractivity contribution in [1.82, 2.24) is 10.3 Å². The summed E-state index contributed by atoms with van der Waals surface area (Å²) >= 11 is 1.25. The zero-order valence-corrected chi connectivity index (χ0v) is 14.0. The van der Waals surface area contributed by atoms with Gasteiger partial charge in [-0.3, -0.25) is 4.79 Å². The Kier molecular flexibility index (Phi) is 5.20. The second-order valence-electron chi connectivity index (χ2n) is 5.20. The molecule has 128 valence electrons. The monoisotopic (exact) mass is 356 g/mol. The van der Waals surface area contributed by atoms with Crippen molar-refractivity contribution >= 4 is 40.5 Å². The number of carbonyl (C=O) groups is 2. The number of rotatable bonds is 6. The van der Waals surface area contributed by atoms with E-state index in [9.17, 15) is 9.59 Å². The van der Waals surface area contributed by atoms with E-state index in [0.29, 0.717) is 23.0 Å². The predicted octanol–water partition coefficient (Wildman–Crippen LogP) is 2.73. The van der Waals surface area contributed by atoms with Gasteiger partial charge in [0.1, 0.15) is 5.52 Å². The van der Waals surface area contributed by atoms with E-state index >= 15 is 0 Å². The topological polar surface area (TPSA) is 110 Å². The van der Waals surface area contributed by atoms with Gasteiger partial charge in [0.15, 0.2) is 5.58 Å². The maximum absolute atomic E-state index is 11.9. The van der Waals surface area contributed by atoms with Crippen molar-refractivity contribution in [1.29, 1.82) is 0 Å². The number of nitrogens with two attached hydrogens (primary N) is 1. The number of thioether (sulfide) groups is 1. The largest absolute Gasteiger partial charge is 0.431 e. The molecule has 7 nitrogen and oxygen atoms in total. The fourth-order valence-corrected chi connectivity index (χ4v) is 2.81. The molecule has 0 unspecified atom stereocenters. The molecule has 0 atom stereocenters. The van der Waals surface area contributed by atoms with E-state index in [-0.39, 0.29) is 11.7 Å². The van der Waals surface area contributed by atoms with Crippen molar-refractivity contribution < 1.29 is 14.0 Å². The molecule has 0 aliphatic heterocycles. The van der Waals surface area contributed by atoms with E-state index in [1.165, 1.54) is 11.8 Å². The Hall–Kier alpha value is -3.00. The highest BCUT2D eigenvalue weighted by atomic mass is 32.2. The molecule has 1 heterocycles. The molecule has 0 spiro atoms. The average molecular weight is 356 g/mol. The maximum atomic E-state index is 11.9. The van der Waals surface area contributed by atoms with Gasteiger partial charge in [0.25, 0.3) is 5.22 Å². The van der Waals surface area contributed by atoms with Gasteiger partial charge in [-0.25, -0.2) is 9.78 Å². The Morgan fingerprint density at radius 1 is 1.12 bits per heavy atom. The number of hydrogen-bond donors (Lipinski definition) is 3. The summed E-state index contributed by atoms with van der Waals surface area (Å²) in [5.41, 5.74) is 8.04. The molecule has 0 aliphatic carbocycles. The van der Waals surface area contributed by atoms with Crippen LogP contribution in [0.1, 0.15) is 5.56 Å². The molecular weight excluding hydrogens is 340 g/mol. The van der Waals surface area contributed by atoms with Crippen molar-refractivity contribution in [3.8, 4) is 0 Å². The minimum absolute atomic E-state index is 0.119. The number of amides is 3. The Morgan fingerprint density at radius 3 is 2.60 bits per heavy atom. The van der Waals surface area contributed by atoms with Crippen molar-refractivity contribution in [2.45, 2.75) is 11.8 Å². The van der Waals surface area contributed by atoms with Crippen molar-refractivity contribution in [3.63, 3.8) is 0 Å². The minimum Gasteiger partial charge on any atom is -0.431 e. The average Bonchev–Trinajstić information content (AvgIpc) is 3.02. The number of urea groups is 1. The highest BCUT2D eigenvalue weighted by Crippen LogP contribution is 2.22. The number of nitrogens with one attached hydrogen (secondary N) is 2. The second-order valence-corrected chi connectivity index (χ2v) is 6.13. The van der Waals surface area contributed by atoms with Crippen LogP contribution in [0.2, 0.25) is 0 Å². The van der Waals surface area contributed by atoms with E-state index in [0.717, 1.165) is 11.1 Å². The lowest BCUT2D eigenvalue weighted by Gasteiger charge is -2.06. The molecule has 25 heavy (non-hydrogen) atoms. The molecular formula is C17H16N4O3S. The summed E-state index contributed by atoms with van der Waals surface area (Å²) in [6.45, 7) is 0.393. The van der Waals surface area contributed by atoms with Gasteiger partial charge in [-0.1, -0.05) is 36.0 Å². The summed E-state index contributed by atoms with van der Waals surface area (Å²) in [6.07, 6.45) is 0. The smallest absolute Gasteiger partial charge is 0.316 e. The third-order valence-corrected chi connectivity index (χ3v) is 4.14. The summed E-state index contributed by atoms with van der Waals surface area (Å²) < 4.78 is 5.55. The van der Waals surface area contributed by atoms with Crippen LogP contribution in [0.4, 0.5) is 10.5 Å². The lowest BCUT2D eigenvalue weighted by molar-refractivity contribution is -0.118. The zero-order chi connectivity index (χ0) is 17.6. The standard InChI is InChI=1S/C17H16N4O3S/c18-16(23)20-12-7-5-11(6-8-12)9-19-15(22)10-25-17-21-13-3-1-2-4-14(13)24-17/h1-8H,9-10H2,(H,19,22)(H3,18,20,23). The highest BCUT2D eigenvalue weighted by molar-refractivity contribution is 7.99. The highest BCUT2D eigenvalue weighted by Gasteiger charge is 2.09. The maximum Gasteiger partial charge on any atom is 0.316 e. The molecule has 0 bridgehead atoms. The number of nitrogens with zero attached hydrogens (tertiary/aromatic N) is 1. The van der Waals surface area contributed by atoms with E-state index in [2.05, 4.69) is 15.6 Å². The van der Waals surface area contributed by atoms with Gasteiger partial charge in [0.2, 0.25) is 5.91 Å². The minimum atomic E-state index is -0.614. The fraction of sp³-hybridized carbons (Fsp3) is 0.118. The van der Waals surface area contributed by atoms with Crippen LogP contribution in [0.25, 0.3) is 11.1 Å². The number of hydrogen-bond acceptors (Lipinski definition) is 5. The number of benzene rings is 2. The van der Waals surface area contributed by atoms with Crippen molar-refractivity contribution in [2.75, 3.05) is 11.1 Å². The SMILES string of the molecule is NC(=O)Nc1ccc(CNC(=O)CSc2nc3ccccc3o2)cc1. The number of fused-ring (bicyclic) bond motifs is 1. The molecule has 3 amide bonds. The molecule has 0 aliphatic rings. The van der Waals surface area contributed by atoms with Crippen molar-refractivity contribution in [2.24, 2.45) is 5.73 Å².